The molecule has 0 bridgehead atoms. The Bertz CT molecular complexity index is 1110. The van der Waals surface area contributed by atoms with E-state index in [1.165, 1.54) is 23.5 Å². The predicted molar refractivity (Wildman–Crippen MR) is 97.7 cm³/mol. The Morgan fingerprint density at radius 3 is 2.16 bits per heavy atom. The van der Waals surface area contributed by atoms with Gasteiger partial charge < -0.3 is 0 Å². The standard InChI is InChI=1S/C19H14FNO2S2/c1-12-7-13(3-4-15(12)9-21)16-10-24-11-17(16)14-5-6-19(18(20)8-14)25(2,22)23/h3-8,10-11H,1-2H3. The van der Waals surface area contributed by atoms with Gasteiger partial charge in [-0.1, -0.05) is 18.2 Å². The van der Waals surface area contributed by atoms with Crippen LogP contribution in [0.25, 0.3) is 22.3 Å². The highest BCUT2D eigenvalue weighted by atomic mass is 32.2. The van der Waals surface area contributed by atoms with Crippen LogP contribution in [0.4, 0.5) is 4.39 Å². The number of aryl methyl sites for hydroxylation is 1. The Morgan fingerprint density at radius 1 is 1.04 bits per heavy atom. The molecule has 126 valence electrons. The fourth-order valence-electron chi connectivity index (χ4n) is 2.67. The fraction of sp³-hybridized carbons (Fsp3) is 0.105. The van der Waals surface area contributed by atoms with E-state index >= 15 is 0 Å². The molecule has 0 spiro atoms. The minimum absolute atomic E-state index is 0.303. The molecule has 1 aromatic heterocycles. The number of rotatable bonds is 3. The first-order chi connectivity index (χ1) is 11.8. The van der Waals surface area contributed by atoms with Gasteiger partial charge >= 0.3 is 0 Å². The molecule has 2 aromatic carbocycles. The largest absolute Gasteiger partial charge is 0.224 e. The van der Waals surface area contributed by atoms with Crippen molar-refractivity contribution in [1.82, 2.24) is 0 Å². The van der Waals surface area contributed by atoms with Gasteiger partial charge in [-0.2, -0.15) is 16.6 Å². The minimum atomic E-state index is -3.60. The molecule has 25 heavy (non-hydrogen) atoms. The fourth-order valence-corrected chi connectivity index (χ4v) is 4.26. The van der Waals surface area contributed by atoms with Gasteiger partial charge in [0.05, 0.1) is 11.6 Å². The summed E-state index contributed by atoms with van der Waals surface area (Å²) in [5.41, 5.74) is 4.78. The van der Waals surface area contributed by atoms with Gasteiger partial charge in [0, 0.05) is 17.4 Å². The summed E-state index contributed by atoms with van der Waals surface area (Å²) in [7, 11) is -3.60. The van der Waals surface area contributed by atoms with Crippen LogP contribution in [-0.4, -0.2) is 14.7 Å². The summed E-state index contributed by atoms with van der Waals surface area (Å²) in [5, 5.41) is 12.9. The maximum atomic E-state index is 14.2. The molecule has 3 nitrogen and oxygen atoms in total. The molecule has 0 aliphatic rings. The number of thiophene rings is 1. The van der Waals surface area contributed by atoms with Crippen LogP contribution in [0.3, 0.4) is 0 Å². The molecule has 0 atom stereocenters. The lowest BCUT2D eigenvalue weighted by Gasteiger charge is -2.08. The Kier molecular flexibility index (Phi) is 4.46. The highest BCUT2D eigenvalue weighted by Gasteiger charge is 2.16. The molecule has 0 saturated carbocycles. The van der Waals surface area contributed by atoms with E-state index in [1.54, 1.807) is 12.1 Å². The number of sulfone groups is 1. The lowest BCUT2D eigenvalue weighted by Crippen LogP contribution is -2.00. The van der Waals surface area contributed by atoms with Gasteiger partial charge in [0.15, 0.2) is 9.84 Å². The number of nitrogens with zero attached hydrogens (tertiary/aromatic N) is 1. The van der Waals surface area contributed by atoms with Crippen LogP contribution in [0.1, 0.15) is 11.1 Å². The van der Waals surface area contributed by atoms with E-state index in [-0.39, 0.29) is 4.90 Å². The quantitative estimate of drug-likeness (QED) is 0.664. The van der Waals surface area contributed by atoms with Gasteiger partial charge in [0.25, 0.3) is 0 Å². The van der Waals surface area contributed by atoms with E-state index in [0.717, 1.165) is 28.5 Å². The molecule has 0 fully saturated rings. The van der Waals surface area contributed by atoms with E-state index in [1.807, 2.05) is 29.8 Å². The number of hydrogen-bond acceptors (Lipinski definition) is 4. The summed E-state index contributed by atoms with van der Waals surface area (Å²) in [4.78, 5) is -0.303. The molecule has 0 unspecified atom stereocenters. The van der Waals surface area contributed by atoms with Gasteiger partial charge in [-0.15, -0.1) is 0 Å². The van der Waals surface area contributed by atoms with Crippen molar-refractivity contribution in [3.05, 3.63) is 64.1 Å². The topological polar surface area (TPSA) is 57.9 Å². The second kappa shape index (κ2) is 6.43. The first kappa shape index (κ1) is 17.3. The van der Waals surface area contributed by atoms with E-state index < -0.39 is 15.7 Å². The molecule has 0 aliphatic carbocycles. The number of hydrogen-bond donors (Lipinski definition) is 0. The smallest absolute Gasteiger partial charge is 0.178 e. The molecular weight excluding hydrogens is 357 g/mol. The third-order valence-corrected chi connectivity index (χ3v) is 5.84. The van der Waals surface area contributed by atoms with Gasteiger partial charge in [-0.05, 0) is 52.6 Å². The van der Waals surface area contributed by atoms with E-state index in [2.05, 4.69) is 6.07 Å². The summed E-state index contributed by atoms with van der Waals surface area (Å²) < 4.78 is 37.4. The molecule has 3 rings (SSSR count). The van der Waals surface area contributed by atoms with Crippen molar-refractivity contribution in [2.75, 3.05) is 6.26 Å². The molecule has 0 amide bonds. The number of halogens is 1. The van der Waals surface area contributed by atoms with Crippen LogP contribution in [0.15, 0.2) is 52.1 Å². The molecule has 0 N–H and O–H groups in total. The zero-order valence-corrected chi connectivity index (χ0v) is 15.2. The zero-order chi connectivity index (χ0) is 18.2. The molecule has 0 saturated heterocycles. The van der Waals surface area contributed by atoms with Crippen molar-refractivity contribution in [2.24, 2.45) is 0 Å². The zero-order valence-electron chi connectivity index (χ0n) is 13.6. The van der Waals surface area contributed by atoms with E-state index in [0.29, 0.717) is 11.1 Å². The maximum Gasteiger partial charge on any atom is 0.178 e. The molecular formula is C19H14FNO2S2. The second-order valence-corrected chi connectivity index (χ2v) is 8.49. The molecule has 3 aromatic rings. The predicted octanol–water partition coefficient (Wildman–Crippen LogP) is 4.80. The highest BCUT2D eigenvalue weighted by molar-refractivity contribution is 7.90. The van der Waals surface area contributed by atoms with Crippen molar-refractivity contribution in [3.63, 3.8) is 0 Å². The van der Waals surface area contributed by atoms with Crippen molar-refractivity contribution >= 4 is 21.2 Å². The number of nitriles is 1. The van der Waals surface area contributed by atoms with Crippen LogP contribution in [-0.2, 0) is 9.84 Å². The van der Waals surface area contributed by atoms with Crippen LogP contribution in [0.2, 0.25) is 0 Å². The Labute approximate surface area is 149 Å². The molecule has 0 aliphatic heterocycles. The highest BCUT2D eigenvalue weighted by Crippen LogP contribution is 2.36. The Hall–Kier alpha value is -2.49. The average molecular weight is 371 g/mol. The monoisotopic (exact) mass is 371 g/mol. The van der Waals surface area contributed by atoms with Crippen molar-refractivity contribution in [3.8, 4) is 28.3 Å². The van der Waals surface area contributed by atoms with Crippen LogP contribution in [0.5, 0.6) is 0 Å². The van der Waals surface area contributed by atoms with Crippen molar-refractivity contribution < 1.29 is 12.8 Å². The molecule has 6 heteroatoms. The van der Waals surface area contributed by atoms with E-state index in [9.17, 15) is 12.8 Å². The average Bonchev–Trinajstić information content (AvgIpc) is 3.03. The number of benzene rings is 2. The van der Waals surface area contributed by atoms with Gasteiger partial charge in [-0.25, -0.2) is 12.8 Å². The van der Waals surface area contributed by atoms with Crippen molar-refractivity contribution in [2.45, 2.75) is 11.8 Å². The third-order valence-electron chi connectivity index (χ3n) is 3.96. The lowest BCUT2D eigenvalue weighted by molar-refractivity contribution is 0.571. The Balaban J connectivity index is 2.10. The summed E-state index contributed by atoms with van der Waals surface area (Å²) in [6.45, 7) is 1.87. The van der Waals surface area contributed by atoms with Crippen molar-refractivity contribution in [1.29, 1.82) is 5.26 Å². The summed E-state index contributed by atoms with van der Waals surface area (Å²) in [5.74, 6) is -0.756. The summed E-state index contributed by atoms with van der Waals surface area (Å²) in [6, 6.07) is 11.8. The van der Waals surface area contributed by atoms with Crippen LogP contribution in [0, 0.1) is 24.1 Å². The third kappa shape index (κ3) is 3.34. The molecule has 0 radical (unpaired) electrons. The maximum absolute atomic E-state index is 14.2. The van der Waals surface area contributed by atoms with Crippen LogP contribution < -0.4 is 0 Å². The normalized spacial score (nSPS) is 11.3. The van der Waals surface area contributed by atoms with Crippen LogP contribution >= 0.6 is 11.3 Å². The molecule has 1 heterocycles. The van der Waals surface area contributed by atoms with E-state index in [4.69, 9.17) is 5.26 Å². The SMILES string of the molecule is Cc1cc(-c2cscc2-c2ccc(S(C)(=O)=O)c(F)c2)ccc1C#N. The van der Waals surface area contributed by atoms with Gasteiger partial charge in [0.2, 0.25) is 0 Å². The summed E-state index contributed by atoms with van der Waals surface area (Å²) >= 11 is 1.48. The first-order valence-electron chi connectivity index (χ1n) is 7.38. The minimum Gasteiger partial charge on any atom is -0.224 e. The lowest BCUT2D eigenvalue weighted by atomic mass is 9.96. The van der Waals surface area contributed by atoms with Gasteiger partial charge in [-0.3, -0.25) is 0 Å². The Morgan fingerprint density at radius 2 is 1.64 bits per heavy atom. The second-order valence-electron chi connectivity index (χ2n) is 5.76. The first-order valence-corrected chi connectivity index (χ1v) is 10.2. The summed E-state index contributed by atoms with van der Waals surface area (Å²) in [6.07, 6.45) is 0.987. The van der Waals surface area contributed by atoms with Gasteiger partial charge in [0.1, 0.15) is 10.7 Å².